The molecule has 3 heterocycles. The van der Waals surface area contributed by atoms with Crippen molar-refractivity contribution in [1.29, 1.82) is 0 Å². The lowest BCUT2D eigenvalue weighted by Gasteiger charge is -2.14. The summed E-state index contributed by atoms with van der Waals surface area (Å²) >= 11 is 0. The molecule has 32 heavy (non-hydrogen) atoms. The van der Waals surface area contributed by atoms with Crippen LogP contribution in [0.3, 0.4) is 0 Å². The van der Waals surface area contributed by atoms with E-state index in [1.807, 2.05) is 12.1 Å². The van der Waals surface area contributed by atoms with Crippen LogP contribution in [0.25, 0.3) is 49.7 Å². The van der Waals surface area contributed by atoms with Gasteiger partial charge in [0.25, 0.3) is 0 Å². The molecular weight excluding hydrogens is 394 g/mol. The van der Waals surface area contributed by atoms with Crippen LogP contribution in [0.5, 0.6) is 5.75 Å². The molecular formula is C28H23N3O. The molecule has 4 heteroatoms. The second-order valence-electron chi connectivity index (χ2n) is 8.51. The summed E-state index contributed by atoms with van der Waals surface area (Å²) in [4.78, 5) is 10.2. The summed E-state index contributed by atoms with van der Waals surface area (Å²) in [6, 6.07) is 23.2. The van der Waals surface area contributed by atoms with E-state index in [9.17, 15) is 0 Å². The maximum Gasteiger partial charge on any atom is 0.147 e. The van der Waals surface area contributed by atoms with Crippen molar-refractivity contribution in [3.05, 3.63) is 83.4 Å². The van der Waals surface area contributed by atoms with Gasteiger partial charge in [0.2, 0.25) is 0 Å². The van der Waals surface area contributed by atoms with Crippen molar-refractivity contribution < 1.29 is 4.74 Å². The normalized spacial score (nSPS) is 11.8. The van der Waals surface area contributed by atoms with Crippen LogP contribution < -0.4 is 4.74 Å². The molecule has 156 valence electrons. The van der Waals surface area contributed by atoms with Gasteiger partial charge in [0, 0.05) is 16.3 Å². The second-order valence-corrected chi connectivity index (χ2v) is 8.51. The number of hydrogen-bond donors (Lipinski definition) is 0. The number of fused-ring (bicyclic) bond motifs is 8. The van der Waals surface area contributed by atoms with Gasteiger partial charge >= 0.3 is 0 Å². The van der Waals surface area contributed by atoms with Gasteiger partial charge in [-0.3, -0.25) is 4.40 Å². The molecule has 0 saturated heterocycles. The van der Waals surface area contributed by atoms with E-state index in [2.05, 4.69) is 79.8 Å². The predicted octanol–water partition coefficient (Wildman–Crippen LogP) is 6.79. The summed E-state index contributed by atoms with van der Waals surface area (Å²) in [5.41, 5.74) is 9.77. The van der Waals surface area contributed by atoms with E-state index in [1.165, 1.54) is 22.3 Å². The number of nitrogens with zero attached hydrogens (tertiary/aromatic N) is 3. The minimum atomic E-state index is 0.821. The van der Waals surface area contributed by atoms with Crippen molar-refractivity contribution in [2.24, 2.45) is 0 Å². The highest BCUT2D eigenvalue weighted by Crippen LogP contribution is 2.35. The van der Waals surface area contributed by atoms with E-state index in [0.29, 0.717) is 0 Å². The van der Waals surface area contributed by atoms with Crippen LogP contribution in [0.1, 0.15) is 16.7 Å². The maximum absolute atomic E-state index is 5.52. The van der Waals surface area contributed by atoms with Crippen LogP contribution >= 0.6 is 0 Å². The van der Waals surface area contributed by atoms with Gasteiger partial charge < -0.3 is 4.74 Å². The zero-order valence-electron chi connectivity index (χ0n) is 18.6. The molecule has 0 spiro atoms. The van der Waals surface area contributed by atoms with Crippen LogP contribution in [-0.4, -0.2) is 21.5 Å². The monoisotopic (exact) mass is 417 g/mol. The second kappa shape index (κ2) is 6.79. The topological polar surface area (TPSA) is 39.4 Å². The third-order valence-corrected chi connectivity index (χ3v) is 6.34. The quantitative estimate of drug-likeness (QED) is 0.291. The zero-order valence-corrected chi connectivity index (χ0v) is 18.6. The Morgan fingerprint density at radius 3 is 2.22 bits per heavy atom. The molecule has 0 atom stereocenters. The van der Waals surface area contributed by atoms with Gasteiger partial charge in [-0.1, -0.05) is 29.8 Å². The largest absolute Gasteiger partial charge is 0.497 e. The van der Waals surface area contributed by atoms with E-state index >= 15 is 0 Å². The molecule has 3 aromatic carbocycles. The van der Waals surface area contributed by atoms with Gasteiger partial charge in [-0.2, -0.15) is 0 Å². The van der Waals surface area contributed by atoms with E-state index in [0.717, 1.165) is 49.9 Å². The Balaban J connectivity index is 1.81. The number of aryl methyl sites for hydroxylation is 3. The van der Waals surface area contributed by atoms with Gasteiger partial charge in [-0.05, 0) is 79.7 Å². The van der Waals surface area contributed by atoms with Gasteiger partial charge in [-0.25, -0.2) is 9.97 Å². The predicted molar refractivity (Wildman–Crippen MR) is 132 cm³/mol. The Labute approximate surface area is 186 Å². The van der Waals surface area contributed by atoms with Crippen molar-refractivity contribution in [2.75, 3.05) is 7.11 Å². The number of methoxy groups -OCH3 is 1. The average molecular weight is 418 g/mol. The summed E-state index contributed by atoms with van der Waals surface area (Å²) in [6.07, 6.45) is 0. The van der Waals surface area contributed by atoms with Crippen LogP contribution in [0.2, 0.25) is 0 Å². The average Bonchev–Trinajstić information content (AvgIpc) is 3.18. The van der Waals surface area contributed by atoms with E-state index < -0.39 is 0 Å². The molecule has 3 aromatic heterocycles. The van der Waals surface area contributed by atoms with Gasteiger partial charge in [0.05, 0.1) is 23.8 Å². The van der Waals surface area contributed by atoms with E-state index in [4.69, 9.17) is 14.7 Å². The number of aromatic nitrogens is 3. The molecule has 0 aliphatic heterocycles. The first-order chi connectivity index (χ1) is 15.5. The number of para-hydroxylation sites is 2. The molecule has 0 bridgehead atoms. The number of benzene rings is 3. The number of ether oxygens (including phenoxy) is 1. The molecule has 0 aliphatic carbocycles. The summed E-state index contributed by atoms with van der Waals surface area (Å²) in [7, 11) is 1.70. The van der Waals surface area contributed by atoms with Crippen LogP contribution in [-0.2, 0) is 0 Å². The number of pyridine rings is 2. The molecule has 0 unspecified atom stereocenters. The molecule has 4 nitrogen and oxygen atoms in total. The number of hydrogen-bond acceptors (Lipinski definition) is 3. The van der Waals surface area contributed by atoms with Crippen LogP contribution in [0.4, 0.5) is 0 Å². The summed E-state index contributed by atoms with van der Waals surface area (Å²) in [5, 5.41) is 3.29. The third-order valence-electron chi connectivity index (χ3n) is 6.34. The molecule has 0 fully saturated rings. The van der Waals surface area contributed by atoms with Crippen molar-refractivity contribution in [1.82, 2.24) is 14.4 Å². The Hall–Kier alpha value is -3.92. The van der Waals surface area contributed by atoms with Crippen molar-refractivity contribution in [2.45, 2.75) is 20.8 Å². The highest BCUT2D eigenvalue weighted by molar-refractivity contribution is 6.13. The van der Waals surface area contributed by atoms with Gasteiger partial charge in [0.1, 0.15) is 17.0 Å². The van der Waals surface area contributed by atoms with Crippen LogP contribution in [0.15, 0.2) is 66.7 Å². The summed E-state index contributed by atoms with van der Waals surface area (Å²) in [6.45, 7) is 6.46. The van der Waals surface area contributed by atoms with Crippen molar-refractivity contribution >= 4 is 38.5 Å². The first-order valence-corrected chi connectivity index (χ1v) is 10.8. The maximum atomic E-state index is 5.52. The molecule has 6 aromatic rings. The number of rotatable bonds is 2. The summed E-state index contributed by atoms with van der Waals surface area (Å²) < 4.78 is 7.71. The standard InChI is InChI=1S/C28H23N3O/c1-16-13-17(2)26(18(3)14-16)24-12-11-21-20-10-9-19(32-4)15-22(20)28-29-23-7-5-6-8-25(23)31(28)27(21)30-24/h5-15H,1-4H3. The van der Waals surface area contributed by atoms with Crippen molar-refractivity contribution in [3.63, 3.8) is 0 Å². The fourth-order valence-electron chi connectivity index (χ4n) is 5.04. The van der Waals surface area contributed by atoms with Gasteiger partial charge in [-0.15, -0.1) is 0 Å². The van der Waals surface area contributed by atoms with Crippen LogP contribution in [0, 0.1) is 20.8 Å². The molecule has 0 N–H and O–H groups in total. The molecule has 6 rings (SSSR count). The highest BCUT2D eigenvalue weighted by Gasteiger charge is 2.17. The molecule has 0 aliphatic rings. The van der Waals surface area contributed by atoms with Crippen molar-refractivity contribution in [3.8, 4) is 17.0 Å². The van der Waals surface area contributed by atoms with E-state index in [1.54, 1.807) is 7.11 Å². The Morgan fingerprint density at radius 2 is 1.44 bits per heavy atom. The smallest absolute Gasteiger partial charge is 0.147 e. The minimum absolute atomic E-state index is 0.821. The molecule has 0 amide bonds. The fraction of sp³-hybridized carbons (Fsp3) is 0.143. The zero-order chi connectivity index (χ0) is 22.0. The third kappa shape index (κ3) is 2.62. The lowest BCUT2D eigenvalue weighted by atomic mass is 9.96. The molecule has 0 saturated carbocycles. The summed E-state index contributed by atoms with van der Waals surface area (Å²) in [5.74, 6) is 0.821. The number of imidazole rings is 1. The highest BCUT2D eigenvalue weighted by atomic mass is 16.5. The first-order valence-electron chi connectivity index (χ1n) is 10.8. The minimum Gasteiger partial charge on any atom is -0.497 e. The Morgan fingerprint density at radius 1 is 0.719 bits per heavy atom. The fourth-order valence-corrected chi connectivity index (χ4v) is 5.04. The Kier molecular flexibility index (Phi) is 3.99. The van der Waals surface area contributed by atoms with E-state index in [-0.39, 0.29) is 0 Å². The SMILES string of the molecule is COc1ccc2c3ccc(-c4c(C)cc(C)cc4C)nc3n3c4ccccc4nc3c2c1. The lowest BCUT2D eigenvalue weighted by molar-refractivity contribution is 0.415. The first kappa shape index (κ1) is 18.8. The van der Waals surface area contributed by atoms with Gasteiger partial charge in [0.15, 0.2) is 0 Å². The lowest BCUT2D eigenvalue weighted by Crippen LogP contribution is -1.98. The molecule has 0 radical (unpaired) electrons. The Bertz CT molecular complexity index is 1670.